The SMILES string of the molecule is Cc1nn(CC(=O)Nc2sc(C(N)=O)c(C)c2C(=O)OC(C)C)c(C)c1[N+](=O)[O-]. The fraction of sp³-hybridized carbons (Fsp3) is 0.412. The van der Waals surface area contributed by atoms with Crippen LogP contribution in [0, 0.1) is 30.9 Å². The van der Waals surface area contributed by atoms with Gasteiger partial charge in [-0.25, -0.2) is 4.79 Å². The van der Waals surface area contributed by atoms with Crippen LogP contribution in [0.25, 0.3) is 0 Å². The van der Waals surface area contributed by atoms with E-state index >= 15 is 0 Å². The second-order valence-electron chi connectivity index (χ2n) is 6.56. The third-order valence-corrected chi connectivity index (χ3v) is 5.21. The third-order valence-electron chi connectivity index (χ3n) is 3.99. The van der Waals surface area contributed by atoms with Gasteiger partial charge in [0.2, 0.25) is 5.91 Å². The van der Waals surface area contributed by atoms with Gasteiger partial charge in [-0.3, -0.25) is 24.4 Å². The Morgan fingerprint density at radius 1 is 1.31 bits per heavy atom. The Hall–Kier alpha value is -3.28. The number of aromatic nitrogens is 2. The summed E-state index contributed by atoms with van der Waals surface area (Å²) in [5, 5.41) is 17.8. The predicted octanol–water partition coefficient (Wildman–Crippen LogP) is 2.08. The number of aryl methyl sites for hydroxylation is 1. The number of carbonyl (C=O) groups excluding carboxylic acids is 3. The van der Waals surface area contributed by atoms with Crippen LogP contribution in [0.5, 0.6) is 0 Å². The zero-order valence-corrected chi connectivity index (χ0v) is 17.4. The Morgan fingerprint density at radius 3 is 2.41 bits per heavy atom. The maximum atomic E-state index is 12.5. The van der Waals surface area contributed by atoms with Gasteiger partial charge < -0.3 is 15.8 Å². The average molecular weight is 423 g/mol. The summed E-state index contributed by atoms with van der Waals surface area (Å²) >= 11 is 0.861. The molecule has 0 fully saturated rings. The number of nitrogens with one attached hydrogen (secondary N) is 1. The number of nitrogens with two attached hydrogens (primary N) is 1. The first-order valence-corrected chi connectivity index (χ1v) is 9.38. The van der Waals surface area contributed by atoms with Crippen LogP contribution < -0.4 is 11.1 Å². The van der Waals surface area contributed by atoms with Crippen molar-refractivity contribution in [1.29, 1.82) is 0 Å². The van der Waals surface area contributed by atoms with E-state index in [0.29, 0.717) is 5.56 Å². The molecule has 0 aliphatic heterocycles. The van der Waals surface area contributed by atoms with Crippen LogP contribution in [0.2, 0.25) is 0 Å². The molecule has 12 heteroatoms. The highest BCUT2D eigenvalue weighted by molar-refractivity contribution is 7.18. The number of anilines is 1. The Balaban J connectivity index is 2.34. The molecule has 0 saturated carbocycles. The number of esters is 1. The highest BCUT2D eigenvalue weighted by Gasteiger charge is 2.27. The van der Waals surface area contributed by atoms with Crippen LogP contribution in [-0.2, 0) is 16.1 Å². The summed E-state index contributed by atoms with van der Waals surface area (Å²) in [6, 6.07) is 0. The van der Waals surface area contributed by atoms with Crippen LogP contribution in [0.1, 0.15) is 50.8 Å². The molecule has 0 aromatic carbocycles. The third kappa shape index (κ3) is 4.59. The van der Waals surface area contributed by atoms with Crippen molar-refractivity contribution >= 4 is 39.8 Å². The maximum absolute atomic E-state index is 12.5. The Morgan fingerprint density at radius 2 is 1.93 bits per heavy atom. The van der Waals surface area contributed by atoms with Crippen molar-refractivity contribution in [1.82, 2.24) is 9.78 Å². The van der Waals surface area contributed by atoms with Gasteiger partial charge in [-0.05, 0) is 40.2 Å². The lowest BCUT2D eigenvalue weighted by Crippen LogP contribution is -2.21. The van der Waals surface area contributed by atoms with Crippen molar-refractivity contribution in [2.45, 2.75) is 47.3 Å². The molecule has 156 valence electrons. The highest BCUT2D eigenvalue weighted by Crippen LogP contribution is 2.34. The molecule has 0 aliphatic rings. The molecule has 2 rings (SSSR count). The van der Waals surface area contributed by atoms with E-state index in [1.165, 1.54) is 25.5 Å². The number of carbonyl (C=O) groups is 3. The van der Waals surface area contributed by atoms with Crippen molar-refractivity contribution in [3.63, 3.8) is 0 Å². The standard InChI is InChI=1S/C17H21N5O6S/c1-7(2)28-17(25)12-8(3)14(15(18)24)29-16(12)19-11(23)6-21-10(5)13(22(26)27)9(4)20-21/h7H,6H2,1-5H3,(H2,18,24)(H,19,23). The number of nitro groups is 1. The molecule has 2 amide bonds. The molecule has 3 N–H and O–H groups in total. The van der Waals surface area contributed by atoms with E-state index in [2.05, 4.69) is 10.4 Å². The minimum Gasteiger partial charge on any atom is -0.459 e. The van der Waals surface area contributed by atoms with Crippen LogP contribution >= 0.6 is 11.3 Å². The van der Waals surface area contributed by atoms with Gasteiger partial charge in [0.05, 0.1) is 21.5 Å². The lowest BCUT2D eigenvalue weighted by molar-refractivity contribution is -0.386. The van der Waals surface area contributed by atoms with Crippen molar-refractivity contribution in [2.75, 3.05) is 5.32 Å². The Kier molecular flexibility index (Phi) is 6.37. The fourth-order valence-corrected chi connectivity index (χ4v) is 3.83. The molecular weight excluding hydrogens is 402 g/mol. The zero-order chi connectivity index (χ0) is 22.0. The largest absolute Gasteiger partial charge is 0.459 e. The first kappa shape index (κ1) is 22.0. The number of amides is 2. The predicted molar refractivity (Wildman–Crippen MR) is 105 cm³/mol. The minimum atomic E-state index is -0.735. The van der Waals surface area contributed by atoms with E-state index in [9.17, 15) is 24.5 Å². The van der Waals surface area contributed by atoms with Gasteiger partial charge in [0.25, 0.3) is 5.91 Å². The number of hydrogen-bond donors (Lipinski definition) is 2. The molecule has 0 aliphatic carbocycles. The molecule has 0 unspecified atom stereocenters. The number of rotatable bonds is 7. The van der Waals surface area contributed by atoms with E-state index in [-0.39, 0.29) is 39.1 Å². The molecule has 2 heterocycles. The monoisotopic (exact) mass is 423 g/mol. The smallest absolute Gasteiger partial charge is 0.341 e. The number of thiophene rings is 1. The van der Waals surface area contributed by atoms with Gasteiger partial charge in [0.1, 0.15) is 22.9 Å². The molecule has 2 aromatic rings. The molecule has 11 nitrogen and oxygen atoms in total. The van der Waals surface area contributed by atoms with Crippen molar-refractivity contribution < 1.29 is 24.0 Å². The van der Waals surface area contributed by atoms with E-state index < -0.39 is 28.8 Å². The second kappa shape index (κ2) is 8.39. The summed E-state index contributed by atoms with van der Waals surface area (Å²) in [6.45, 7) is 7.51. The summed E-state index contributed by atoms with van der Waals surface area (Å²) in [5.74, 6) is -2.01. The molecule has 0 atom stereocenters. The zero-order valence-electron chi connectivity index (χ0n) is 16.6. The van der Waals surface area contributed by atoms with E-state index in [1.54, 1.807) is 13.8 Å². The van der Waals surface area contributed by atoms with Gasteiger partial charge in [-0.15, -0.1) is 11.3 Å². The van der Waals surface area contributed by atoms with E-state index in [4.69, 9.17) is 10.5 Å². The first-order chi connectivity index (χ1) is 13.4. The maximum Gasteiger partial charge on any atom is 0.341 e. The highest BCUT2D eigenvalue weighted by atomic mass is 32.1. The molecule has 0 spiro atoms. The molecule has 2 aromatic heterocycles. The fourth-order valence-electron chi connectivity index (χ4n) is 2.76. The molecule has 0 radical (unpaired) electrons. The van der Waals surface area contributed by atoms with Crippen molar-refractivity contribution in [3.8, 4) is 0 Å². The average Bonchev–Trinajstić information content (AvgIpc) is 3.03. The molecule has 0 saturated heterocycles. The van der Waals surface area contributed by atoms with Crippen LogP contribution in [0.3, 0.4) is 0 Å². The number of nitrogens with zero attached hydrogens (tertiary/aromatic N) is 3. The quantitative estimate of drug-likeness (QED) is 0.391. The van der Waals surface area contributed by atoms with Crippen molar-refractivity contribution in [2.24, 2.45) is 5.73 Å². The summed E-state index contributed by atoms with van der Waals surface area (Å²) in [6.07, 6.45) is -0.405. The Bertz CT molecular complexity index is 1010. The lowest BCUT2D eigenvalue weighted by atomic mass is 10.1. The van der Waals surface area contributed by atoms with Crippen LogP contribution in [0.4, 0.5) is 10.7 Å². The first-order valence-electron chi connectivity index (χ1n) is 8.56. The van der Waals surface area contributed by atoms with Crippen LogP contribution in [-0.4, -0.2) is 38.6 Å². The summed E-state index contributed by atoms with van der Waals surface area (Å²) in [4.78, 5) is 47.3. The van der Waals surface area contributed by atoms with E-state index in [0.717, 1.165) is 11.3 Å². The molecular formula is C17H21N5O6S. The summed E-state index contributed by atoms with van der Waals surface area (Å²) in [5.41, 5.74) is 5.95. The topological polar surface area (TPSA) is 159 Å². The van der Waals surface area contributed by atoms with Gasteiger partial charge in [-0.1, -0.05) is 0 Å². The summed E-state index contributed by atoms with van der Waals surface area (Å²) < 4.78 is 6.39. The van der Waals surface area contributed by atoms with Gasteiger partial charge >= 0.3 is 11.7 Å². The van der Waals surface area contributed by atoms with Gasteiger partial charge in [-0.2, -0.15) is 5.10 Å². The summed E-state index contributed by atoms with van der Waals surface area (Å²) in [7, 11) is 0. The Labute approximate surface area is 170 Å². The molecule has 29 heavy (non-hydrogen) atoms. The van der Waals surface area contributed by atoms with E-state index in [1.807, 2.05) is 0 Å². The van der Waals surface area contributed by atoms with Crippen LogP contribution in [0.15, 0.2) is 0 Å². The van der Waals surface area contributed by atoms with Gasteiger partial charge in [0, 0.05) is 0 Å². The minimum absolute atomic E-state index is 0.0465. The number of ether oxygens (including phenoxy) is 1. The second-order valence-corrected chi connectivity index (χ2v) is 7.58. The number of primary amides is 1. The normalized spacial score (nSPS) is 10.8. The lowest BCUT2D eigenvalue weighted by Gasteiger charge is -2.10. The van der Waals surface area contributed by atoms with Crippen molar-refractivity contribution in [3.05, 3.63) is 37.5 Å². The van der Waals surface area contributed by atoms with Gasteiger partial charge in [0.15, 0.2) is 0 Å². The number of hydrogen-bond acceptors (Lipinski definition) is 8. The molecule has 0 bridgehead atoms.